The predicted octanol–water partition coefficient (Wildman–Crippen LogP) is 5.70. The maximum atomic E-state index is 14.0. The maximum absolute atomic E-state index is 14.0. The zero-order valence-electron chi connectivity index (χ0n) is 16.1. The molecule has 0 saturated heterocycles. The molecule has 1 atom stereocenters. The molecule has 0 bridgehead atoms. The fourth-order valence-corrected chi connectivity index (χ4v) is 3.02. The third kappa shape index (κ3) is 5.12. The van der Waals surface area contributed by atoms with Gasteiger partial charge in [0.25, 0.3) is 5.88 Å². The Morgan fingerprint density at radius 3 is 2.61 bits per heavy atom. The molecule has 0 spiro atoms. The van der Waals surface area contributed by atoms with Gasteiger partial charge in [-0.05, 0) is 35.9 Å². The largest absolute Gasteiger partial charge is 0.436 e. The van der Waals surface area contributed by atoms with Crippen LogP contribution in [0.2, 0.25) is 0 Å². The van der Waals surface area contributed by atoms with Crippen molar-refractivity contribution >= 4 is 0 Å². The van der Waals surface area contributed by atoms with E-state index < -0.39 is 24.5 Å². The van der Waals surface area contributed by atoms with Crippen LogP contribution < -0.4 is 9.62 Å². The summed E-state index contributed by atoms with van der Waals surface area (Å²) in [6.07, 6.45) is -4.54. The zero-order chi connectivity index (χ0) is 21.8. The first-order chi connectivity index (χ1) is 14.9. The number of hydrogen-bond donors (Lipinski definition) is 0. The van der Waals surface area contributed by atoms with E-state index >= 15 is 0 Å². The summed E-state index contributed by atoms with van der Waals surface area (Å²) in [7, 11) is 0. The van der Waals surface area contributed by atoms with Crippen molar-refractivity contribution in [3.05, 3.63) is 83.3 Å². The lowest BCUT2D eigenvalue weighted by Gasteiger charge is -2.21. The lowest BCUT2D eigenvalue weighted by Crippen LogP contribution is -2.25. The Balaban J connectivity index is 1.43. The molecule has 0 saturated carbocycles. The van der Waals surface area contributed by atoms with E-state index in [1.54, 1.807) is 30.3 Å². The van der Waals surface area contributed by atoms with E-state index in [-0.39, 0.29) is 36.1 Å². The molecule has 1 aliphatic rings. The highest BCUT2D eigenvalue weighted by Gasteiger charge is 2.41. The molecule has 0 fully saturated rings. The average molecular weight is 435 g/mol. The van der Waals surface area contributed by atoms with Crippen molar-refractivity contribution in [2.24, 2.45) is 0 Å². The molecule has 0 radical (unpaired) electrons. The van der Waals surface area contributed by atoms with Crippen LogP contribution in [-0.4, -0.2) is 17.8 Å². The highest BCUT2D eigenvalue weighted by molar-refractivity contribution is 5.40. The monoisotopic (exact) mass is 435 g/mol. The van der Waals surface area contributed by atoms with Gasteiger partial charge in [0.15, 0.2) is 11.6 Å². The van der Waals surface area contributed by atoms with Crippen LogP contribution in [0.25, 0.3) is 0 Å². The molecule has 31 heavy (non-hydrogen) atoms. The number of fused-ring (bicyclic) bond motifs is 1. The molecule has 1 aliphatic heterocycles. The summed E-state index contributed by atoms with van der Waals surface area (Å²) in [5, 5.41) is 0. The minimum atomic E-state index is -4.54. The number of hydrogen-bond acceptors (Lipinski definition) is 5. The number of rotatable bonds is 7. The van der Waals surface area contributed by atoms with Gasteiger partial charge in [-0.15, -0.1) is 0 Å². The van der Waals surface area contributed by atoms with Crippen LogP contribution in [0.4, 0.5) is 17.6 Å². The van der Waals surface area contributed by atoms with E-state index in [1.807, 2.05) is 0 Å². The van der Waals surface area contributed by atoms with Gasteiger partial charge in [-0.25, -0.2) is 9.37 Å². The van der Waals surface area contributed by atoms with E-state index in [0.717, 1.165) is 6.07 Å². The first-order valence-electron chi connectivity index (χ1n) is 9.35. The van der Waals surface area contributed by atoms with Crippen molar-refractivity contribution < 1.29 is 36.8 Å². The van der Waals surface area contributed by atoms with Crippen LogP contribution in [0.15, 0.2) is 60.7 Å². The molecule has 162 valence electrons. The van der Waals surface area contributed by atoms with E-state index in [2.05, 4.69) is 4.98 Å². The van der Waals surface area contributed by atoms with Gasteiger partial charge >= 0.3 is 6.18 Å². The van der Waals surface area contributed by atoms with Gasteiger partial charge in [0.1, 0.15) is 18.3 Å². The molecule has 1 aromatic heterocycles. The Morgan fingerprint density at radius 1 is 1.03 bits per heavy atom. The van der Waals surface area contributed by atoms with Crippen LogP contribution in [-0.2, 0) is 22.8 Å². The van der Waals surface area contributed by atoms with Gasteiger partial charge in [0.2, 0.25) is 0 Å². The normalized spacial score (nSPS) is 14.1. The minimum Gasteiger partial charge on any atom is -0.436 e. The number of alkyl halides is 3. The smallest absolute Gasteiger partial charge is 0.397 e. The van der Waals surface area contributed by atoms with Crippen LogP contribution in [0.3, 0.4) is 0 Å². The van der Waals surface area contributed by atoms with Crippen LogP contribution >= 0.6 is 0 Å². The van der Waals surface area contributed by atoms with Crippen molar-refractivity contribution in [3.8, 4) is 17.4 Å². The second-order valence-corrected chi connectivity index (χ2v) is 6.83. The van der Waals surface area contributed by atoms with Crippen LogP contribution in [0, 0.1) is 5.82 Å². The molecule has 9 heteroatoms. The highest BCUT2D eigenvalue weighted by atomic mass is 19.4. The molecule has 0 aliphatic carbocycles. The first kappa shape index (κ1) is 21.1. The third-order valence-electron chi connectivity index (χ3n) is 4.62. The molecule has 5 nitrogen and oxygen atoms in total. The number of ether oxygens (including phenoxy) is 2. The van der Waals surface area contributed by atoms with E-state index in [0.29, 0.717) is 11.3 Å². The highest BCUT2D eigenvalue weighted by Crippen LogP contribution is 2.38. The van der Waals surface area contributed by atoms with Gasteiger partial charge in [-0.2, -0.15) is 18.1 Å². The fraction of sp³-hybridized carbons (Fsp3) is 0.227. The van der Waals surface area contributed by atoms with Crippen molar-refractivity contribution in [2.45, 2.75) is 25.3 Å². The Bertz CT molecular complexity index is 1040. The third-order valence-corrected chi connectivity index (χ3v) is 4.62. The van der Waals surface area contributed by atoms with Crippen molar-refractivity contribution in [3.63, 3.8) is 0 Å². The number of nitrogens with zero attached hydrogens (tertiary/aromatic N) is 1. The molecule has 2 heterocycles. The number of benzene rings is 2. The minimum absolute atomic E-state index is 0.00286. The molecule has 0 N–H and O–H groups in total. The molecule has 2 aromatic carbocycles. The summed E-state index contributed by atoms with van der Waals surface area (Å²) in [5.41, 5.74) is 0.905. The van der Waals surface area contributed by atoms with E-state index in [4.69, 9.17) is 19.2 Å². The summed E-state index contributed by atoms with van der Waals surface area (Å²) < 4.78 is 65.5. The Hall–Kier alpha value is -3.17. The lowest BCUT2D eigenvalue weighted by atomic mass is 9.97. The summed E-state index contributed by atoms with van der Waals surface area (Å²) >= 11 is 0. The van der Waals surface area contributed by atoms with Gasteiger partial charge in [0.05, 0.1) is 18.9 Å². The topological polar surface area (TPSA) is 49.8 Å². The zero-order valence-corrected chi connectivity index (χ0v) is 16.1. The maximum Gasteiger partial charge on any atom is 0.397 e. The molecular weight excluding hydrogens is 418 g/mol. The van der Waals surface area contributed by atoms with Gasteiger partial charge in [-0.1, -0.05) is 30.3 Å². The summed E-state index contributed by atoms with van der Waals surface area (Å²) in [5.74, 6) is -2.21. The summed E-state index contributed by atoms with van der Waals surface area (Å²) in [6, 6.07) is 15.1. The number of para-hydroxylation sites is 1. The Labute approximate surface area is 175 Å². The summed E-state index contributed by atoms with van der Waals surface area (Å²) in [4.78, 5) is 13.7. The van der Waals surface area contributed by atoms with Crippen molar-refractivity contribution in [1.29, 1.82) is 0 Å². The van der Waals surface area contributed by atoms with Gasteiger partial charge in [-0.3, -0.25) is 0 Å². The lowest BCUT2D eigenvalue weighted by molar-refractivity contribution is -0.194. The van der Waals surface area contributed by atoms with Crippen molar-refractivity contribution in [1.82, 2.24) is 4.98 Å². The van der Waals surface area contributed by atoms with Gasteiger partial charge < -0.3 is 14.4 Å². The summed E-state index contributed by atoms with van der Waals surface area (Å²) in [6.45, 7) is -0.702. The number of halogens is 4. The number of pyridine rings is 1. The van der Waals surface area contributed by atoms with Crippen molar-refractivity contribution in [2.75, 3.05) is 6.61 Å². The van der Waals surface area contributed by atoms with Crippen LogP contribution in [0.5, 0.6) is 17.4 Å². The van der Waals surface area contributed by atoms with Gasteiger partial charge in [0, 0.05) is 5.56 Å². The second kappa shape index (κ2) is 8.91. The second-order valence-electron chi connectivity index (χ2n) is 6.83. The Kier molecular flexibility index (Phi) is 6.06. The first-order valence-corrected chi connectivity index (χ1v) is 9.35. The molecule has 4 rings (SSSR count). The standard InChI is InChI=1S/C22H17F4NO4/c23-19-9-8-16(27-21(19)30-17-4-2-1-3-5-17)12-28-13-18(22(24,25)26)14-6-7-15-11-29-31-20(15)10-14/h1-10,18H,11-13H2. The average Bonchev–Trinajstić information content (AvgIpc) is 3.21. The van der Waals surface area contributed by atoms with E-state index in [9.17, 15) is 17.6 Å². The molecule has 1 unspecified atom stereocenters. The molecule has 3 aromatic rings. The molecular formula is C22H17F4NO4. The van der Waals surface area contributed by atoms with Crippen LogP contribution in [0.1, 0.15) is 22.7 Å². The Morgan fingerprint density at radius 2 is 1.84 bits per heavy atom. The number of aromatic nitrogens is 1. The predicted molar refractivity (Wildman–Crippen MR) is 101 cm³/mol. The SMILES string of the molecule is Fc1ccc(COCC(c2ccc3c(c2)OOC3)C(F)(F)F)nc1Oc1ccccc1. The molecule has 0 amide bonds. The fourth-order valence-electron chi connectivity index (χ4n) is 3.02. The van der Waals surface area contributed by atoms with E-state index in [1.165, 1.54) is 24.3 Å². The quantitative estimate of drug-likeness (QED) is 0.352.